The fourth-order valence-electron chi connectivity index (χ4n) is 1.42. The van der Waals surface area contributed by atoms with E-state index in [4.69, 9.17) is 5.11 Å². The van der Waals surface area contributed by atoms with Crippen molar-refractivity contribution >= 4 is 39.3 Å². The Morgan fingerprint density at radius 3 is 3.21 bits per heavy atom. The molecule has 0 aliphatic carbocycles. The summed E-state index contributed by atoms with van der Waals surface area (Å²) >= 11 is 2.74. The van der Waals surface area contributed by atoms with Gasteiger partial charge in [0.25, 0.3) is 0 Å². The van der Waals surface area contributed by atoms with Crippen LogP contribution in [0.1, 0.15) is 0 Å². The van der Waals surface area contributed by atoms with Gasteiger partial charge in [-0.3, -0.25) is 4.79 Å². The number of hydrogen-bond acceptors (Lipinski definition) is 8. The minimum Gasteiger partial charge on any atom is -0.480 e. The van der Waals surface area contributed by atoms with Crippen molar-refractivity contribution in [1.29, 1.82) is 0 Å². The minimum atomic E-state index is -1.00. The van der Waals surface area contributed by atoms with Crippen LogP contribution in [0.3, 0.4) is 0 Å². The van der Waals surface area contributed by atoms with Gasteiger partial charge >= 0.3 is 5.97 Å². The van der Waals surface area contributed by atoms with Gasteiger partial charge in [0.15, 0.2) is 0 Å². The lowest BCUT2D eigenvalue weighted by atomic mass is 10.5. The number of carboxylic acid groups (broad SMARTS) is 1. The highest BCUT2D eigenvalue weighted by molar-refractivity contribution is 7.99. The number of rotatable bonds is 4. The zero-order valence-corrected chi connectivity index (χ0v) is 10.9. The Morgan fingerprint density at radius 1 is 1.47 bits per heavy atom. The van der Waals surface area contributed by atoms with Gasteiger partial charge in [0.2, 0.25) is 5.16 Å². The Hall–Kier alpha value is -2.07. The van der Waals surface area contributed by atoms with Gasteiger partial charge in [-0.05, 0) is 33.6 Å². The molecule has 0 atom stereocenters. The summed E-state index contributed by atoms with van der Waals surface area (Å²) in [5.41, 5.74) is 0.847. The molecule has 10 heteroatoms. The Bertz CT molecular complexity index is 739. The Kier molecular flexibility index (Phi) is 3.09. The number of tetrazole rings is 1. The number of nitrogens with zero attached hydrogens (tertiary/aromatic N) is 6. The maximum atomic E-state index is 10.7. The van der Waals surface area contributed by atoms with Crippen LogP contribution >= 0.6 is 23.1 Å². The number of carbonyl (C=O) groups is 1. The summed E-state index contributed by atoms with van der Waals surface area (Å²) in [5.74, 6) is -1.00. The monoisotopic (exact) mass is 294 g/mol. The smallest absolute Gasteiger partial charge is 0.325 e. The first-order chi connectivity index (χ1) is 9.24. The number of fused-ring (bicyclic) bond motifs is 1. The molecule has 19 heavy (non-hydrogen) atoms. The molecule has 3 rings (SSSR count). The molecule has 96 valence electrons. The number of aliphatic carboxylic acids is 1. The van der Waals surface area contributed by atoms with Crippen LogP contribution in [0.15, 0.2) is 28.0 Å². The highest BCUT2D eigenvalue weighted by Crippen LogP contribution is 2.32. The van der Waals surface area contributed by atoms with Crippen molar-refractivity contribution in [3.05, 3.63) is 17.8 Å². The molecule has 0 aliphatic rings. The zero-order valence-electron chi connectivity index (χ0n) is 9.29. The normalized spacial score (nSPS) is 10.9. The van der Waals surface area contributed by atoms with Crippen LogP contribution in [0, 0.1) is 0 Å². The second kappa shape index (κ2) is 4.90. The molecule has 0 amide bonds. The van der Waals surface area contributed by atoms with E-state index in [-0.39, 0.29) is 6.54 Å². The summed E-state index contributed by atoms with van der Waals surface area (Å²) < 4.78 is 2.14. The molecule has 0 aliphatic heterocycles. The summed E-state index contributed by atoms with van der Waals surface area (Å²) in [7, 11) is 0. The molecular weight excluding hydrogens is 288 g/mol. The van der Waals surface area contributed by atoms with E-state index in [1.807, 2.05) is 11.4 Å². The molecule has 3 aromatic rings. The van der Waals surface area contributed by atoms with E-state index in [0.29, 0.717) is 10.2 Å². The van der Waals surface area contributed by atoms with Gasteiger partial charge in [-0.2, -0.15) is 0 Å². The molecule has 3 aromatic heterocycles. The molecule has 1 N–H and O–H groups in total. The van der Waals surface area contributed by atoms with Crippen LogP contribution < -0.4 is 0 Å². The van der Waals surface area contributed by atoms with Crippen molar-refractivity contribution in [2.45, 2.75) is 16.7 Å². The molecule has 0 saturated carbocycles. The van der Waals surface area contributed by atoms with E-state index in [1.54, 1.807) is 0 Å². The first-order valence-electron chi connectivity index (χ1n) is 5.08. The van der Waals surface area contributed by atoms with Gasteiger partial charge in [-0.1, -0.05) is 0 Å². The van der Waals surface area contributed by atoms with E-state index in [9.17, 15) is 4.79 Å². The molecule has 0 radical (unpaired) electrons. The van der Waals surface area contributed by atoms with E-state index in [2.05, 4.69) is 25.5 Å². The standard InChI is InChI=1S/C9H6N6O2S2/c16-6(17)3-15-9(12-13-14-15)19-8-7-5(1-2-18-7)10-4-11-8/h1-2,4H,3H2,(H,16,17). The van der Waals surface area contributed by atoms with Crippen molar-refractivity contribution in [3.63, 3.8) is 0 Å². The summed E-state index contributed by atoms with van der Waals surface area (Å²) in [5, 5.41) is 22.7. The minimum absolute atomic E-state index is 0.284. The van der Waals surface area contributed by atoms with Gasteiger partial charge < -0.3 is 5.11 Å². The van der Waals surface area contributed by atoms with E-state index >= 15 is 0 Å². The van der Waals surface area contributed by atoms with Gasteiger partial charge in [0.05, 0.1) is 10.2 Å². The lowest BCUT2D eigenvalue weighted by molar-refractivity contribution is -0.138. The van der Waals surface area contributed by atoms with E-state index < -0.39 is 5.97 Å². The van der Waals surface area contributed by atoms with Crippen LogP contribution in [0.5, 0.6) is 0 Å². The molecular formula is C9H6N6O2S2. The summed E-state index contributed by atoms with van der Waals surface area (Å²) in [4.78, 5) is 19.0. The summed E-state index contributed by atoms with van der Waals surface area (Å²) in [6.45, 7) is -0.284. The Morgan fingerprint density at radius 2 is 2.37 bits per heavy atom. The lowest BCUT2D eigenvalue weighted by Gasteiger charge is -2.01. The van der Waals surface area contributed by atoms with Crippen molar-refractivity contribution in [3.8, 4) is 0 Å². The van der Waals surface area contributed by atoms with Crippen molar-refractivity contribution in [2.75, 3.05) is 0 Å². The van der Waals surface area contributed by atoms with Crippen LogP contribution in [-0.4, -0.2) is 41.3 Å². The SMILES string of the molecule is O=C(O)Cn1nnnc1Sc1ncnc2ccsc12. The molecule has 8 nitrogen and oxygen atoms in total. The zero-order chi connectivity index (χ0) is 13.2. The number of thiophene rings is 1. The van der Waals surface area contributed by atoms with Crippen molar-refractivity contribution in [2.24, 2.45) is 0 Å². The number of hydrogen-bond donors (Lipinski definition) is 1. The second-order valence-electron chi connectivity index (χ2n) is 3.43. The first-order valence-corrected chi connectivity index (χ1v) is 6.77. The molecule has 0 bridgehead atoms. The van der Waals surface area contributed by atoms with E-state index in [0.717, 1.165) is 10.2 Å². The lowest BCUT2D eigenvalue weighted by Crippen LogP contribution is -2.11. The predicted octanol–water partition coefficient (Wildman–Crippen LogP) is 0.914. The highest BCUT2D eigenvalue weighted by Gasteiger charge is 2.14. The maximum Gasteiger partial charge on any atom is 0.325 e. The predicted molar refractivity (Wildman–Crippen MR) is 67.0 cm³/mol. The maximum absolute atomic E-state index is 10.7. The number of aromatic nitrogens is 6. The van der Waals surface area contributed by atoms with Gasteiger partial charge in [0, 0.05) is 0 Å². The molecule has 0 aromatic carbocycles. The molecule has 0 unspecified atom stereocenters. The van der Waals surface area contributed by atoms with Gasteiger partial charge in [0.1, 0.15) is 17.9 Å². The summed E-state index contributed by atoms with van der Waals surface area (Å²) in [6, 6.07) is 1.89. The van der Waals surface area contributed by atoms with E-state index in [1.165, 1.54) is 34.1 Å². The third kappa shape index (κ3) is 2.39. The average Bonchev–Trinajstić information content (AvgIpc) is 2.99. The second-order valence-corrected chi connectivity index (χ2v) is 5.30. The third-order valence-electron chi connectivity index (χ3n) is 2.18. The third-order valence-corrected chi connectivity index (χ3v) is 4.20. The fraction of sp³-hybridized carbons (Fsp3) is 0.111. The van der Waals surface area contributed by atoms with Crippen molar-refractivity contribution < 1.29 is 9.90 Å². The Balaban J connectivity index is 1.95. The molecule has 0 saturated heterocycles. The fourth-order valence-corrected chi connectivity index (χ4v) is 3.17. The summed E-state index contributed by atoms with van der Waals surface area (Å²) in [6.07, 6.45) is 1.46. The van der Waals surface area contributed by atoms with Gasteiger partial charge in [-0.25, -0.2) is 14.6 Å². The van der Waals surface area contributed by atoms with Crippen LogP contribution in [-0.2, 0) is 11.3 Å². The topological polar surface area (TPSA) is 107 Å². The first kappa shape index (κ1) is 12.0. The van der Waals surface area contributed by atoms with Crippen LogP contribution in [0.25, 0.3) is 10.2 Å². The van der Waals surface area contributed by atoms with Crippen LogP contribution in [0.2, 0.25) is 0 Å². The molecule has 0 fully saturated rings. The van der Waals surface area contributed by atoms with Crippen molar-refractivity contribution in [1.82, 2.24) is 30.2 Å². The Labute approximate surface area is 114 Å². The molecule has 0 spiro atoms. The molecule has 3 heterocycles. The average molecular weight is 294 g/mol. The van der Waals surface area contributed by atoms with Crippen LogP contribution in [0.4, 0.5) is 0 Å². The quantitative estimate of drug-likeness (QED) is 0.708. The largest absolute Gasteiger partial charge is 0.480 e. The number of carboxylic acids is 1. The van der Waals surface area contributed by atoms with Gasteiger partial charge in [-0.15, -0.1) is 16.4 Å². The highest BCUT2D eigenvalue weighted by atomic mass is 32.2.